The van der Waals surface area contributed by atoms with Crippen molar-refractivity contribution in [2.45, 2.75) is 70.1 Å². The predicted molar refractivity (Wildman–Crippen MR) is 94.4 cm³/mol. The molecule has 5 heteroatoms. The highest BCUT2D eigenvalue weighted by Crippen LogP contribution is 2.59. The molecule has 4 heterocycles. The maximum absolute atomic E-state index is 13.1. The molecule has 4 aliphatic heterocycles. The van der Waals surface area contributed by atoms with Gasteiger partial charge in [-0.3, -0.25) is 4.79 Å². The van der Waals surface area contributed by atoms with Crippen molar-refractivity contribution in [3.8, 4) is 0 Å². The van der Waals surface area contributed by atoms with Crippen molar-refractivity contribution in [1.29, 1.82) is 0 Å². The lowest BCUT2D eigenvalue weighted by Gasteiger charge is -2.60. The molecule has 0 radical (unpaired) electrons. The molecule has 1 aromatic carbocycles. The first-order valence-electron chi connectivity index (χ1n) is 9.90. The molecule has 0 N–H and O–H groups in total. The number of hydrogen-bond donors (Lipinski definition) is 0. The number of nitrogens with zero attached hydrogens (tertiary/aromatic N) is 1. The highest BCUT2D eigenvalue weighted by Gasteiger charge is 2.68. The van der Waals surface area contributed by atoms with Crippen molar-refractivity contribution >= 4 is 5.91 Å². The summed E-state index contributed by atoms with van der Waals surface area (Å²) in [5.41, 5.74) is 0.585. The first-order valence-corrected chi connectivity index (χ1v) is 9.90. The van der Waals surface area contributed by atoms with Crippen LogP contribution in [0.25, 0.3) is 0 Å². The number of hydrogen-bond acceptors (Lipinski definition) is 4. The van der Waals surface area contributed by atoms with E-state index in [0.29, 0.717) is 24.8 Å². The Morgan fingerprint density at radius 1 is 1.15 bits per heavy atom. The third kappa shape index (κ3) is 2.30. The van der Waals surface area contributed by atoms with E-state index in [1.807, 2.05) is 30.0 Å². The quantitative estimate of drug-likeness (QED) is 0.759. The summed E-state index contributed by atoms with van der Waals surface area (Å²) in [4.78, 5) is 27.0. The summed E-state index contributed by atoms with van der Waals surface area (Å²) in [6, 6.07) is 10.1. The van der Waals surface area contributed by atoms with Gasteiger partial charge in [-0.2, -0.15) is 0 Å². The molecular weight excluding hydrogens is 330 g/mol. The van der Waals surface area contributed by atoms with E-state index in [0.717, 1.165) is 31.2 Å². The van der Waals surface area contributed by atoms with E-state index in [9.17, 15) is 4.79 Å². The van der Waals surface area contributed by atoms with Crippen LogP contribution in [0.3, 0.4) is 0 Å². The van der Waals surface area contributed by atoms with E-state index >= 15 is 0 Å². The molecule has 1 spiro atoms. The molecule has 5 fully saturated rings. The summed E-state index contributed by atoms with van der Waals surface area (Å²) in [6.45, 7) is 4.81. The monoisotopic (exact) mass is 357 g/mol. The highest BCUT2D eigenvalue weighted by atomic mass is 17.3. The van der Waals surface area contributed by atoms with Gasteiger partial charge in [0.15, 0.2) is 11.8 Å². The number of carbonyl (C=O) groups excluding carboxylic acids is 1. The molecule has 140 valence electrons. The molecule has 1 saturated carbocycles. The summed E-state index contributed by atoms with van der Waals surface area (Å²) >= 11 is 0. The number of fused-ring (bicyclic) bond motifs is 2. The molecule has 6 rings (SSSR count). The Labute approximate surface area is 154 Å². The van der Waals surface area contributed by atoms with E-state index in [1.54, 1.807) is 0 Å². The van der Waals surface area contributed by atoms with Crippen molar-refractivity contribution in [3.63, 3.8) is 0 Å². The lowest BCUT2D eigenvalue weighted by molar-refractivity contribution is -0.546. The number of amides is 1. The molecule has 5 nitrogen and oxygen atoms in total. The van der Waals surface area contributed by atoms with E-state index in [-0.39, 0.29) is 18.1 Å². The Morgan fingerprint density at radius 3 is 2.77 bits per heavy atom. The van der Waals surface area contributed by atoms with Crippen molar-refractivity contribution in [3.05, 3.63) is 35.9 Å². The summed E-state index contributed by atoms with van der Waals surface area (Å²) in [7, 11) is 0. The molecular formula is C21H27NO4. The summed E-state index contributed by atoms with van der Waals surface area (Å²) in [6.07, 6.45) is 4.13. The van der Waals surface area contributed by atoms with Crippen molar-refractivity contribution < 1.29 is 19.3 Å². The van der Waals surface area contributed by atoms with Gasteiger partial charge in [-0.1, -0.05) is 37.3 Å². The van der Waals surface area contributed by atoms with Gasteiger partial charge in [0.1, 0.15) is 0 Å². The lowest BCUT2D eigenvalue weighted by atomic mass is 9.59. The average molecular weight is 357 g/mol. The standard InChI is InChI=1S/C21H27NO4/c1-14-8-9-16-12-18(23)22(13-15-6-4-3-5-7-15)19-21(16)17(14)10-11-20(2,24-19)25-26-21/h3-7,14,16-17,19H,8-13H2,1-2H3/t14-,16+,17+,19-,20-,21+/m1/s1. The third-order valence-electron chi connectivity index (χ3n) is 7.11. The van der Waals surface area contributed by atoms with Crippen LogP contribution in [0, 0.1) is 17.8 Å². The first kappa shape index (κ1) is 16.7. The average Bonchev–Trinajstić information content (AvgIpc) is 2.87. The van der Waals surface area contributed by atoms with E-state index in [2.05, 4.69) is 19.1 Å². The second kappa shape index (κ2) is 5.78. The smallest absolute Gasteiger partial charge is 0.225 e. The van der Waals surface area contributed by atoms with E-state index < -0.39 is 11.4 Å². The molecule has 0 aromatic heterocycles. The molecule has 6 atom stereocenters. The fourth-order valence-electron chi connectivity index (χ4n) is 5.71. The normalized spacial score (nSPS) is 44.5. The van der Waals surface area contributed by atoms with Crippen molar-refractivity contribution in [1.82, 2.24) is 4.90 Å². The van der Waals surface area contributed by atoms with Gasteiger partial charge >= 0.3 is 0 Å². The molecule has 4 saturated heterocycles. The van der Waals surface area contributed by atoms with Crippen LogP contribution in [0.15, 0.2) is 30.3 Å². The zero-order valence-corrected chi connectivity index (χ0v) is 15.5. The molecule has 2 bridgehead atoms. The second-order valence-corrected chi connectivity index (χ2v) is 8.73. The number of benzene rings is 1. The van der Waals surface area contributed by atoms with Crippen molar-refractivity contribution in [2.24, 2.45) is 17.8 Å². The van der Waals surface area contributed by atoms with Gasteiger partial charge in [-0.15, -0.1) is 0 Å². The van der Waals surface area contributed by atoms with Crippen LogP contribution in [0.2, 0.25) is 0 Å². The van der Waals surface area contributed by atoms with Gasteiger partial charge < -0.3 is 9.64 Å². The number of rotatable bonds is 2. The maximum atomic E-state index is 13.1. The topological polar surface area (TPSA) is 48.0 Å². The third-order valence-corrected chi connectivity index (χ3v) is 7.11. The van der Waals surface area contributed by atoms with Crippen LogP contribution in [-0.4, -0.2) is 28.4 Å². The molecule has 5 aliphatic rings. The number of piperidine rings is 1. The number of carbonyl (C=O) groups is 1. The van der Waals surface area contributed by atoms with Crippen LogP contribution in [0.5, 0.6) is 0 Å². The fourth-order valence-corrected chi connectivity index (χ4v) is 5.71. The Kier molecular flexibility index (Phi) is 3.72. The molecule has 1 aromatic rings. The van der Waals surface area contributed by atoms with Gasteiger partial charge in [0.25, 0.3) is 0 Å². The van der Waals surface area contributed by atoms with Crippen LogP contribution in [0.1, 0.15) is 51.5 Å². The second-order valence-electron chi connectivity index (χ2n) is 8.73. The molecule has 1 aliphatic carbocycles. The van der Waals surface area contributed by atoms with E-state index in [1.165, 1.54) is 0 Å². The predicted octanol–water partition coefficient (Wildman–Crippen LogP) is 3.63. The zero-order chi connectivity index (χ0) is 17.9. The van der Waals surface area contributed by atoms with Crippen molar-refractivity contribution in [2.75, 3.05) is 0 Å². The van der Waals surface area contributed by atoms with Gasteiger partial charge in [0, 0.05) is 25.3 Å². The fraction of sp³-hybridized carbons (Fsp3) is 0.667. The Balaban J connectivity index is 1.58. The Morgan fingerprint density at radius 2 is 1.96 bits per heavy atom. The molecule has 26 heavy (non-hydrogen) atoms. The Bertz CT molecular complexity index is 705. The number of ether oxygens (including phenoxy) is 1. The first-order chi connectivity index (χ1) is 12.5. The minimum atomic E-state index is -0.774. The SMILES string of the molecule is C[C@@H]1CC[C@H]2CC(=O)N(Cc3ccccc3)[C@@H]3O[C@@]4(C)CC[C@@H]1[C@@]23OO4. The molecule has 0 unspecified atom stereocenters. The summed E-state index contributed by atoms with van der Waals surface area (Å²) in [5, 5.41) is 0. The zero-order valence-electron chi connectivity index (χ0n) is 15.5. The van der Waals surface area contributed by atoms with Crippen LogP contribution < -0.4 is 0 Å². The minimum Gasteiger partial charge on any atom is -0.321 e. The highest BCUT2D eigenvalue weighted by molar-refractivity contribution is 5.78. The van der Waals surface area contributed by atoms with Gasteiger partial charge in [0.2, 0.25) is 11.7 Å². The van der Waals surface area contributed by atoms with Gasteiger partial charge in [-0.05, 0) is 43.6 Å². The van der Waals surface area contributed by atoms with Gasteiger partial charge in [0.05, 0.1) is 0 Å². The van der Waals surface area contributed by atoms with Crippen LogP contribution in [0.4, 0.5) is 0 Å². The lowest BCUT2D eigenvalue weighted by Crippen LogP contribution is -2.72. The van der Waals surface area contributed by atoms with Crippen LogP contribution in [-0.2, 0) is 25.9 Å². The minimum absolute atomic E-state index is 0.169. The maximum Gasteiger partial charge on any atom is 0.225 e. The summed E-state index contributed by atoms with van der Waals surface area (Å²) in [5.74, 6) is 0.484. The Hall–Kier alpha value is -1.43. The van der Waals surface area contributed by atoms with Crippen LogP contribution >= 0.6 is 0 Å². The van der Waals surface area contributed by atoms with Gasteiger partial charge in [-0.25, -0.2) is 9.78 Å². The van der Waals surface area contributed by atoms with E-state index in [4.69, 9.17) is 14.5 Å². The molecule has 1 amide bonds. The summed E-state index contributed by atoms with van der Waals surface area (Å²) < 4.78 is 6.49. The number of likely N-dealkylation sites (tertiary alicyclic amines) is 1. The largest absolute Gasteiger partial charge is 0.321 e.